The van der Waals surface area contributed by atoms with E-state index in [-0.39, 0.29) is 0 Å². The number of anilines is 2. The van der Waals surface area contributed by atoms with E-state index in [2.05, 4.69) is 25.2 Å². The third kappa shape index (κ3) is 5.84. The maximum Gasteiger partial charge on any atom is 0.133 e. The number of hydrogen-bond donors (Lipinski definition) is 1. The van der Waals surface area contributed by atoms with Gasteiger partial charge in [0.15, 0.2) is 0 Å². The lowest BCUT2D eigenvalue weighted by atomic mass is 10.2. The van der Waals surface area contributed by atoms with Crippen molar-refractivity contribution in [1.82, 2.24) is 15.0 Å². The molecule has 0 aliphatic carbocycles. The smallest absolute Gasteiger partial charge is 0.133 e. The molecule has 0 atom stereocenters. The average Bonchev–Trinajstić information content (AvgIpc) is 2.76. The summed E-state index contributed by atoms with van der Waals surface area (Å²) in [7, 11) is 3.67. The summed E-state index contributed by atoms with van der Waals surface area (Å²) in [6.07, 6.45) is 6.14. The molecule has 7 nitrogen and oxygen atoms in total. The standard InChI is InChI=1S/C21H25N5O2/c1-26(13-9-17-7-10-22-11-8-17)21-15-20(24-16-25-21)23-12-14-28-19-5-3-18(27-2)4-6-19/h3-8,10-11,15-16H,9,12-14H2,1-2H3,(H,23,24,25). The number of pyridine rings is 1. The summed E-state index contributed by atoms with van der Waals surface area (Å²) in [6.45, 7) is 2.04. The number of nitrogens with zero attached hydrogens (tertiary/aromatic N) is 4. The van der Waals surface area contributed by atoms with Gasteiger partial charge in [-0.1, -0.05) is 0 Å². The minimum absolute atomic E-state index is 0.531. The molecular formula is C21H25N5O2. The molecule has 1 N–H and O–H groups in total. The van der Waals surface area contributed by atoms with Gasteiger partial charge in [0, 0.05) is 32.1 Å². The maximum atomic E-state index is 5.72. The van der Waals surface area contributed by atoms with Crippen LogP contribution in [0.15, 0.2) is 61.2 Å². The van der Waals surface area contributed by atoms with Crippen molar-refractivity contribution in [2.75, 3.05) is 44.1 Å². The summed E-state index contributed by atoms with van der Waals surface area (Å²) >= 11 is 0. The highest BCUT2D eigenvalue weighted by Crippen LogP contribution is 2.17. The van der Waals surface area contributed by atoms with E-state index in [1.165, 1.54) is 5.56 Å². The third-order valence-electron chi connectivity index (χ3n) is 4.27. The Labute approximate surface area is 165 Å². The van der Waals surface area contributed by atoms with Gasteiger partial charge in [0.25, 0.3) is 0 Å². The molecule has 3 rings (SSSR count). The van der Waals surface area contributed by atoms with Gasteiger partial charge in [-0.2, -0.15) is 0 Å². The number of rotatable bonds is 10. The third-order valence-corrected chi connectivity index (χ3v) is 4.27. The molecule has 0 saturated carbocycles. The second kappa shape index (κ2) is 10.1. The molecule has 0 unspecified atom stereocenters. The first-order valence-electron chi connectivity index (χ1n) is 9.17. The monoisotopic (exact) mass is 379 g/mol. The van der Waals surface area contributed by atoms with Crippen LogP contribution in [0.3, 0.4) is 0 Å². The highest BCUT2D eigenvalue weighted by atomic mass is 16.5. The number of aromatic nitrogens is 3. The molecular weight excluding hydrogens is 354 g/mol. The number of ether oxygens (including phenoxy) is 2. The van der Waals surface area contributed by atoms with E-state index in [0.717, 1.165) is 36.1 Å². The summed E-state index contributed by atoms with van der Waals surface area (Å²) < 4.78 is 10.9. The van der Waals surface area contributed by atoms with Crippen molar-refractivity contribution in [2.24, 2.45) is 0 Å². The Balaban J connectivity index is 1.44. The Morgan fingerprint density at radius 1 is 1.00 bits per heavy atom. The summed E-state index contributed by atoms with van der Waals surface area (Å²) in [5, 5.41) is 3.27. The van der Waals surface area contributed by atoms with E-state index in [1.54, 1.807) is 13.4 Å². The summed E-state index contributed by atoms with van der Waals surface area (Å²) in [5.41, 5.74) is 1.25. The van der Waals surface area contributed by atoms with E-state index in [9.17, 15) is 0 Å². The van der Waals surface area contributed by atoms with Crippen molar-refractivity contribution >= 4 is 11.6 Å². The van der Waals surface area contributed by atoms with Crippen LogP contribution < -0.4 is 19.7 Å². The molecule has 0 spiro atoms. The van der Waals surface area contributed by atoms with E-state index in [0.29, 0.717) is 13.2 Å². The van der Waals surface area contributed by atoms with Gasteiger partial charge in [-0.15, -0.1) is 0 Å². The normalized spacial score (nSPS) is 10.4. The largest absolute Gasteiger partial charge is 0.497 e. The maximum absolute atomic E-state index is 5.72. The van der Waals surface area contributed by atoms with Gasteiger partial charge in [0.2, 0.25) is 0 Å². The molecule has 1 aromatic carbocycles. The molecule has 0 amide bonds. The zero-order valence-corrected chi connectivity index (χ0v) is 16.2. The number of likely N-dealkylation sites (N-methyl/N-ethyl adjacent to an activating group) is 1. The lowest BCUT2D eigenvalue weighted by molar-refractivity contribution is 0.331. The molecule has 0 bridgehead atoms. The Morgan fingerprint density at radius 3 is 2.50 bits per heavy atom. The predicted octanol–water partition coefficient (Wildman–Crippen LogP) is 3.05. The van der Waals surface area contributed by atoms with Gasteiger partial charge in [0.05, 0.1) is 13.7 Å². The van der Waals surface area contributed by atoms with E-state index in [4.69, 9.17) is 9.47 Å². The second-order valence-electron chi connectivity index (χ2n) is 6.24. The van der Waals surface area contributed by atoms with Gasteiger partial charge < -0.3 is 19.7 Å². The summed E-state index contributed by atoms with van der Waals surface area (Å²) in [4.78, 5) is 14.8. The van der Waals surface area contributed by atoms with Crippen LogP contribution in [-0.2, 0) is 6.42 Å². The molecule has 0 radical (unpaired) electrons. The van der Waals surface area contributed by atoms with Gasteiger partial charge in [-0.05, 0) is 48.4 Å². The van der Waals surface area contributed by atoms with Crippen molar-refractivity contribution < 1.29 is 9.47 Å². The van der Waals surface area contributed by atoms with Crippen molar-refractivity contribution in [2.45, 2.75) is 6.42 Å². The van der Waals surface area contributed by atoms with Gasteiger partial charge in [0.1, 0.15) is 36.1 Å². The first-order chi connectivity index (χ1) is 13.7. The second-order valence-corrected chi connectivity index (χ2v) is 6.24. The first kappa shape index (κ1) is 19.4. The van der Waals surface area contributed by atoms with E-state index < -0.39 is 0 Å². The molecule has 2 aromatic heterocycles. The Morgan fingerprint density at radius 2 is 1.75 bits per heavy atom. The summed E-state index contributed by atoms with van der Waals surface area (Å²) in [5.74, 6) is 3.27. The molecule has 0 saturated heterocycles. The lowest BCUT2D eigenvalue weighted by Gasteiger charge is -2.18. The van der Waals surface area contributed by atoms with Crippen LogP contribution in [-0.4, -0.2) is 48.8 Å². The predicted molar refractivity (Wildman–Crippen MR) is 110 cm³/mol. The Kier molecular flexibility index (Phi) is 7.01. The van der Waals surface area contributed by atoms with Crippen LogP contribution in [0.1, 0.15) is 5.56 Å². The zero-order valence-electron chi connectivity index (χ0n) is 16.2. The van der Waals surface area contributed by atoms with Crippen molar-refractivity contribution in [1.29, 1.82) is 0 Å². The zero-order chi connectivity index (χ0) is 19.6. The fraction of sp³-hybridized carbons (Fsp3) is 0.286. The highest BCUT2D eigenvalue weighted by molar-refractivity contribution is 5.48. The SMILES string of the molecule is COc1ccc(OCCNc2cc(N(C)CCc3ccncc3)ncn2)cc1. The molecule has 2 heterocycles. The molecule has 146 valence electrons. The molecule has 7 heteroatoms. The van der Waals surface area contributed by atoms with Crippen LogP contribution in [0.4, 0.5) is 11.6 Å². The van der Waals surface area contributed by atoms with Gasteiger partial charge in [-0.3, -0.25) is 4.98 Å². The number of methoxy groups -OCH3 is 1. The molecule has 28 heavy (non-hydrogen) atoms. The van der Waals surface area contributed by atoms with Crippen LogP contribution in [0.5, 0.6) is 11.5 Å². The van der Waals surface area contributed by atoms with Crippen LogP contribution in [0.25, 0.3) is 0 Å². The van der Waals surface area contributed by atoms with Gasteiger partial charge in [-0.25, -0.2) is 9.97 Å². The number of benzene rings is 1. The summed E-state index contributed by atoms with van der Waals surface area (Å²) in [6, 6.07) is 13.5. The lowest BCUT2D eigenvalue weighted by Crippen LogP contribution is -2.22. The molecule has 0 aliphatic rings. The van der Waals surface area contributed by atoms with E-state index >= 15 is 0 Å². The Bertz CT molecular complexity index is 843. The number of hydrogen-bond acceptors (Lipinski definition) is 7. The van der Waals surface area contributed by atoms with Crippen LogP contribution in [0, 0.1) is 0 Å². The topological polar surface area (TPSA) is 72.4 Å². The van der Waals surface area contributed by atoms with Crippen molar-refractivity contribution in [3.8, 4) is 11.5 Å². The quantitative estimate of drug-likeness (QED) is 0.543. The van der Waals surface area contributed by atoms with Crippen LogP contribution in [0.2, 0.25) is 0 Å². The molecule has 3 aromatic rings. The molecule has 0 aliphatic heterocycles. The first-order valence-corrected chi connectivity index (χ1v) is 9.17. The van der Waals surface area contributed by atoms with Crippen LogP contribution >= 0.6 is 0 Å². The van der Waals surface area contributed by atoms with Crippen molar-refractivity contribution in [3.63, 3.8) is 0 Å². The van der Waals surface area contributed by atoms with E-state index in [1.807, 2.05) is 61.9 Å². The van der Waals surface area contributed by atoms with Crippen molar-refractivity contribution in [3.05, 3.63) is 66.7 Å². The fourth-order valence-electron chi connectivity index (χ4n) is 2.63. The minimum atomic E-state index is 0.531. The fourth-order valence-corrected chi connectivity index (χ4v) is 2.63. The average molecular weight is 379 g/mol. The molecule has 0 fully saturated rings. The number of nitrogens with one attached hydrogen (secondary N) is 1. The Hall–Kier alpha value is -3.35. The minimum Gasteiger partial charge on any atom is -0.497 e. The highest BCUT2D eigenvalue weighted by Gasteiger charge is 2.05. The van der Waals surface area contributed by atoms with Gasteiger partial charge >= 0.3 is 0 Å².